The van der Waals surface area contributed by atoms with Crippen LogP contribution >= 0.6 is 11.3 Å². The van der Waals surface area contributed by atoms with Gasteiger partial charge in [0, 0.05) is 17.3 Å². The zero-order valence-electron chi connectivity index (χ0n) is 16.7. The molecule has 0 bridgehead atoms. The third-order valence-electron chi connectivity index (χ3n) is 4.39. The predicted molar refractivity (Wildman–Crippen MR) is 108 cm³/mol. The van der Waals surface area contributed by atoms with Gasteiger partial charge >= 0.3 is 0 Å². The van der Waals surface area contributed by atoms with E-state index in [4.69, 9.17) is 4.74 Å². The summed E-state index contributed by atoms with van der Waals surface area (Å²) in [5.41, 5.74) is 3.32. The number of carbonyl (C=O) groups excluding carboxylic acids is 1. The number of hydrogen-bond acceptors (Lipinski definition) is 4. The molecule has 2 rings (SSSR count). The zero-order valence-corrected chi connectivity index (χ0v) is 17.5. The molecule has 5 heteroatoms. The third kappa shape index (κ3) is 5.56. The molecule has 0 aliphatic carbocycles. The molecular weight excluding hydrogens is 344 g/mol. The molecule has 4 nitrogen and oxygen atoms in total. The van der Waals surface area contributed by atoms with Gasteiger partial charge < -0.3 is 9.64 Å². The van der Waals surface area contributed by atoms with Crippen LogP contribution in [0.2, 0.25) is 0 Å². The van der Waals surface area contributed by atoms with Crippen LogP contribution in [0.25, 0.3) is 0 Å². The van der Waals surface area contributed by atoms with E-state index in [1.165, 1.54) is 11.1 Å². The first-order valence-corrected chi connectivity index (χ1v) is 10.1. The SMILES string of the molecule is CC[C@@H](C)N(Cc1csc(COc2cc(C)cc(C)c2)n1)C(=O)C(C)C. The van der Waals surface area contributed by atoms with Gasteiger partial charge in [0.25, 0.3) is 0 Å². The van der Waals surface area contributed by atoms with Gasteiger partial charge in [0.2, 0.25) is 5.91 Å². The summed E-state index contributed by atoms with van der Waals surface area (Å²) < 4.78 is 5.89. The van der Waals surface area contributed by atoms with Crippen LogP contribution in [-0.2, 0) is 17.9 Å². The lowest BCUT2D eigenvalue weighted by Crippen LogP contribution is -2.40. The molecule has 1 amide bonds. The van der Waals surface area contributed by atoms with Crippen molar-refractivity contribution in [1.82, 2.24) is 9.88 Å². The van der Waals surface area contributed by atoms with E-state index in [0.717, 1.165) is 22.9 Å². The van der Waals surface area contributed by atoms with E-state index in [-0.39, 0.29) is 17.9 Å². The Morgan fingerprint density at radius 2 is 1.85 bits per heavy atom. The largest absolute Gasteiger partial charge is 0.486 e. The Kier molecular flexibility index (Phi) is 7.21. The molecule has 1 heterocycles. The second-order valence-electron chi connectivity index (χ2n) is 7.22. The summed E-state index contributed by atoms with van der Waals surface area (Å²) in [6.07, 6.45) is 0.936. The molecule has 142 valence electrons. The quantitative estimate of drug-likeness (QED) is 0.644. The molecule has 0 fully saturated rings. The van der Waals surface area contributed by atoms with Crippen molar-refractivity contribution in [3.05, 3.63) is 45.4 Å². The number of aryl methyl sites for hydroxylation is 2. The fraction of sp³-hybridized carbons (Fsp3) is 0.524. The number of thiazole rings is 1. The number of rotatable bonds is 8. The van der Waals surface area contributed by atoms with Gasteiger partial charge in [0.1, 0.15) is 17.4 Å². The lowest BCUT2D eigenvalue weighted by atomic mass is 10.1. The Bertz CT molecular complexity index is 719. The average molecular weight is 375 g/mol. The molecule has 0 aliphatic heterocycles. The second kappa shape index (κ2) is 9.17. The standard InChI is InChI=1S/C21H30N2O2S/c1-7-17(6)23(21(24)14(2)3)11-18-13-26-20(22-18)12-25-19-9-15(4)8-16(5)10-19/h8-10,13-14,17H,7,11-12H2,1-6H3/t17-/m1/s1. The molecule has 0 unspecified atom stereocenters. The van der Waals surface area contributed by atoms with E-state index >= 15 is 0 Å². The predicted octanol–water partition coefficient (Wildman–Crippen LogP) is 5.12. The smallest absolute Gasteiger partial charge is 0.225 e. The molecular formula is C21H30N2O2S. The van der Waals surface area contributed by atoms with Crippen molar-refractivity contribution in [3.63, 3.8) is 0 Å². The van der Waals surface area contributed by atoms with E-state index in [9.17, 15) is 4.79 Å². The fourth-order valence-electron chi connectivity index (χ4n) is 2.83. The Morgan fingerprint density at radius 1 is 1.19 bits per heavy atom. The van der Waals surface area contributed by atoms with Crippen LogP contribution < -0.4 is 4.74 Å². The molecule has 1 atom stereocenters. The molecule has 2 aromatic rings. The molecule has 0 saturated heterocycles. The minimum atomic E-state index is -0.00463. The summed E-state index contributed by atoms with van der Waals surface area (Å²) in [4.78, 5) is 19.1. The highest BCUT2D eigenvalue weighted by atomic mass is 32.1. The Balaban J connectivity index is 2.02. The van der Waals surface area contributed by atoms with Crippen LogP contribution in [0.5, 0.6) is 5.75 Å². The summed E-state index contributed by atoms with van der Waals surface area (Å²) in [5.74, 6) is 1.05. The summed E-state index contributed by atoms with van der Waals surface area (Å²) in [6.45, 7) is 13.2. The van der Waals surface area contributed by atoms with Crippen LogP contribution in [0.15, 0.2) is 23.6 Å². The first-order valence-electron chi connectivity index (χ1n) is 9.25. The highest BCUT2D eigenvalue weighted by molar-refractivity contribution is 7.09. The minimum Gasteiger partial charge on any atom is -0.486 e. The van der Waals surface area contributed by atoms with Crippen LogP contribution in [0.4, 0.5) is 0 Å². The normalized spacial score (nSPS) is 12.3. The number of hydrogen-bond donors (Lipinski definition) is 0. The highest BCUT2D eigenvalue weighted by Gasteiger charge is 2.22. The van der Waals surface area contributed by atoms with Crippen molar-refractivity contribution in [2.75, 3.05) is 0 Å². The number of benzene rings is 1. The van der Waals surface area contributed by atoms with Crippen LogP contribution in [0.3, 0.4) is 0 Å². The van der Waals surface area contributed by atoms with E-state index in [2.05, 4.69) is 38.7 Å². The molecule has 0 radical (unpaired) electrons. The van der Waals surface area contributed by atoms with Gasteiger partial charge in [0.15, 0.2) is 0 Å². The molecule has 0 spiro atoms. The van der Waals surface area contributed by atoms with Crippen LogP contribution in [0.1, 0.15) is 55.9 Å². The van der Waals surface area contributed by atoms with Gasteiger partial charge in [-0.2, -0.15) is 0 Å². The van der Waals surface area contributed by atoms with Gasteiger partial charge in [-0.3, -0.25) is 4.79 Å². The number of ether oxygens (including phenoxy) is 1. The van der Waals surface area contributed by atoms with Gasteiger partial charge in [-0.15, -0.1) is 11.3 Å². The Labute approximate surface area is 161 Å². The first kappa shape index (κ1) is 20.4. The van der Waals surface area contributed by atoms with Gasteiger partial charge in [0.05, 0.1) is 12.2 Å². The van der Waals surface area contributed by atoms with Gasteiger partial charge in [-0.05, 0) is 50.5 Å². The molecule has 1 aromatic carbocycles. The van der Waals surface area contributed by atoms with E-state index in [1.54, 1.807) is 11.3 Å². The Hall–Kier alpha value is -1.88. The molecule has 26 heavy (non-hydrogen) atoms. The first-order chi connectivity index (χ1) is 12.3. The van der Waals surface area contributed by atoms with Crippen LogP contribution in [-0.4, -0.2) is 21.8 Å². The van der Waals surface area contributed by atoms with Crippen LogP contribution in [0, 0.1) is 19.8 Å². The minimum absolute atomic E-state index is 0.00463. The van der Waals surface area contributed by atoms with Crippen molar-refractivity contribution < 1.29 is 9.53 Å². The zero-order chi connectivity index (χ0) is 19.3. The van der Waals surface area contributed by atoms with E-state index in [1.807, 2.05) is 36.3 Å². The number of carbonyl (C=O) groups is 1. The third-order valence-corrected chi connectivity index (χ3v) is 5.26. The maximum absolute atomic E-state index is 12.5. The number of amides is 1. The fourth-order valence-corrected chi connectivity index (χ4v) is 3.52. The number of nitrogens with zero attached hydrogens (tertiary/aromatic N) is 2. The van der Waals surface area contributed by atoms with Crippen molar-refractivity contribution in [2.24, 2.45) is 5.92 Å². The van der Waals surface area contributed by atoms with E-state index in [0.29, 0.717) is 13.2 Å². The topological polar surface area (TPSA) is 42.4 Å². The van der Waals surface area contributed by atoms with E-state index < -0.39 is 0 Å². The molecule has 1 aromatic heterocycles. The summed E-state index contributed by atoms with van der Waals surface area (Å²) in [7, 11) is 0. The lowest BCUT2D eigenvalue weighted by molar-refractivity contribution is -0.137. The summed E-state index contributed by atoms with van der Waals surface area (Å²) in [5, 5.41) is 2.96. The monoisotopic (exact) mass is 374 g/mol. The van der Waals surface area contributed by atoms with Crippen molar-refractivity contribution in [3.8, 4) is 5.75 Å². The van der Waals surface area contributed by atoms with Gasteiger partial charge in [-0.1, -0.05) is 26.8 Å². The van der Waals surface area contributed by atoms with Crippen molar-refractivity contribution >= 4 is 17.2 Å². The highest BCUT2D eigenvalue weighted by Crippen LogP contribution is 2.20. The van der Waals surface area contributed by atoms with Gasteiger partial charge in [-0.25, -0.2) is 4.98 Å². The maximum atomic E-state index is 12.5. The summed E-state index contributed by atoms with van der Waals surface area (Å²) >= 11 is 1.58. The molecule has 0 N–H and O–H groups in total. The molecule has 0 aliphatic rings. The maximum Gasteiger partial charge on any atom is 0.225 e. The second-order valence-corrected chi connectivity index (χ2v) is 8.17. The Morgan fingerprint density at radius 3 is 2.42 bits per heavy atom. The number of aromatic nitrogens is 1. The van der Waals surface area contributed by atoms with Crippen molar-refractivity contribution in [2.45, 2.75) is 67.2 Å². The summed E-state index contributed by atoms with van der Waals surface area (Å²) in [6, 6.07) is 6.41. The lowest BCUT2D eigenvalue weighted by Gasteiger charge is -2.29. The average Bonchev–Trinajstić information content (AvgIpc) is 3.03. The molecule has 0 saturated carbocycles. The van der Waals surface area contributed by atoms with Crippen molar-refractivity contribution in [1.29, 1.82) is 0 Å².